The van der Waals surface area contributed by atoms with E-state index in [2.05, 4.69) is 4.72 Å². The van der Waals surface area contributed by atoms with Crippen molar-refractivity contribution in [2.24, 2.45) is 5.92 Å². The van der Waals surface area contributed by atoms with E-state index < -0.39 is 16.0 Å². The first-order chi connectivity index (χ1) is 8.80. The molecule has 0 unspecified atom stereocenters. The van der Waals surface area contributed by atoms with Gasteiger partial charge in [0.2, 0.25) is 10.0 Å². The highest BCUT2D eigenvalue weighted by molar-refractivity contribution is 7.92. The van der Waals surface area contributed by atoms with Crippen LogP contribution in [0.3, 0.4) is 0 Å². The monoisotopic (exact) mass is 303 g/mol. The molecule has 0 radical (unpaired) electrons. The molecule has 5 nitrogen and oxygen atoms in total. The number of hydrogen-bond donors (Lipinski definition) is 2. The third kappa shape index (κ3) is 3.09. The molecule has 0 atom stereocenters. The third-order valence-electron chi connectivity index (χ3n) is 2.94. The molecule has 19 heavy (non-hydrogen) atoms. The topological polar surface area (TPSA) is 83.5 Å². The van der Waals surface area contributed by atoms with Crippen LogP contribution in [0.2, 0.25) is 0 Å². The highest BCUT2D eigenvalue weighted by Crippen LogP contribution is 2.39. The Hall–Kier alpha value is -1.08. The summed E-state index contributed by atoms with van der Waals surface area (Å²) in [6.07, 6.45) is 2.51. The number of sulfonamides is 1. The predicted octanol–water partition coefficient (Wildman–Crippen LogP) is 2.33. The zero-order valence-electron chi connectivity index (χ0n) is 10.9. The molecule has 0 spiro atoms. The van der Waals surface area contributed by atoms with Crippen LogP contribution in [-0.2, 0) is 22.9 Å². The van der Waals surface area contributed by atoms with Crippen molar-refractivity contribution in [2.75, 3.05) is 10.5 Å². The summed E-state index contributed by atoms with van der Waals surface area (Å²) in [5.74, 6) is -1.06. The molecule has 7 heteroatoms. The summed E-state index contributed by atoms with van der Waals surface area (Å²) in [6.45, 7) is 3.62. The summed E-state index contributed by atoms with van der Waals surface area (Å²) < 4.78 is 26.3. The molecule has 0 aliphatic heterocycles. The van der Waals surface area contributed by atoms with Crippen molar-refractivity contribution in [1.29, 1.82) is 0 Å². The van der Waals surface area contributed by atoms with E-state index in [9.17, 15) is 18.3 Å². The van der Waals surface area contributed by atoms with Crippen molar-refractivity contribution in [2.45, 2.75) is 33.1 Å². The maximum absolute atomic E-state index is 11.9. The highest BCUT2D eigenvalue weighted by Gasteiger charge is 2.28. The Bertz CT molecular complexity index is 601. The van der Waals surface area contributed by atoms with Gasteiger partial charge in [-0.15, -0.1) is 11.3 Å². The summed E-state index contributed by atoms with van der Waals surface area (Å²) in [5, 5.41) is 9.53. The molecule has 1 aliphatic rings. The van der Waals surface area contributed by atoms with Crippen LogP contribution in [0.1, 0.15) is 41.1 Å². The van der Waals surface area contributed by atoms with E-state index >= 15 is 0 Å². The minimum atomic E-state index is -3.48. The number of carboxylic acid groups (broad SMARTS) is 1. The number of anilines is 1. The molecule has 0 bridgehead atoms. The number of fused-ring (bicyclic) bond motifs is 1. The Morgan fingerprint density at radius 3 is 2.68 bits per heavy atom. The average molecular weight is 303 g/mol. The molecular formula is C12H17NO4S2. The van der Waals surface area contributed by atoms with E-state index in [4.69, 9.17) is 0 Å². The quantitative estimate of drug-likeness (QED) is 0.874. The number of rotatable bonds is 5. The normalized spacial score (nSPS) is 14.7. The summed E-state index contributed by atoms with van der Waals surface area (Å²) in [5.41, 5.74) is 0.949. The van der Waals surface area contributed by atoms with Gasteiger partial charge in [-0.3, -0.25) is 4.72 Å². The van der Waals surface area contributed by atoms with Gasteiger partial charge in [-0.2, -0.15) is 0 Å². The van der Waals surface area contributed by atoms with Gasteiger partial charge < -0.3 is 5.11 Å². The number of carbonyl (C=O) groups is 1. The molecule has 1 aromatic rings. The van der Waals surface area contributed by atoms with Gasteiger partial charge in [-0.1, -0.05) is 13.8 Å². The maximum atomic E-state index is 11.9. The van der Waals surface area contributed by atoms with Gasteiger partial charge in [-0.05, 0) is 30.7 Å². The summed E-state index contributed by atoms with van der Waals surface area (Å²) in [4.78, 5) is 12.3. The van der Waals surface area contributed by atoms with Gasteiger partial charge in [0.15, 0.2) is 0 Å². The van der Waals surface area contributed by atoms with Gasteiger partial charge >= 0.3 is 5.97 Å². The van der Waals surface area contributed by atoms with Gasteiger partial charge in [-0.25, -0.2) is 13.2 Å². The lowest BCUT2D eigenvalue weighted by molar-refractivity contribution is 0.0697. The van der Waals surface area contributed by atoms with E-state index in [-0.39, 0.29) is 22.2 Å². The lowest BCUT2D eigenvalue weighted by Gasteiger charge is -2.09. The van der Waals surface area contributed by atoms with Crippen LogP contribution in [0.4, 0.5) is 5.00 Å². The first-order valence-electron chi connectivity index (χ1n) is 6.18. The fourth-order valence-electron chi connectivity index (χ4n) is 2.32. The Morgan fingerprint density at radius 1 is 1.42 bits per heavy atom. The maximum Gasteiger partial charge on any atom is 0.339 e. The number of aryl methyl sites for hydroxylation is 1. The van der Waals surface area contributed by atoms with Crippen molar-refractivity contribution in [1.82, 2.24) is 0 Å². The van der Waals surface area contributed by atoms with Crippen LogP contribution in [0.25, 0.3) is 0 Å². The van der Waals surface area contributed by atoms with Crippen molar-refractivity contribution >= 4 is 32.3 Å². The second-order valence-electron chi connectivity index (χ2n) is 5.14. The summed E-state index contributed by atoms with van der Waals surface area (Å²) >= 11 is 1.26. The van der Waals surface area contributed by atoms with E-state index in [1.807, 2.05) is 13.8 Å². The molecule has 0 fully saturated rings. The fraction of sp³-hybridized carbons (Fsp3) is 0.583. The smallest absolute Gasteiger partial charge is 0.339 e. The van der Waals surface area contributed by atoms with Crippen molar-refractivity contribution in [3.05, 3.63) is 16.0 Å². The zero-order chi connectivity index (χ0) is 14.2. The van der Waals surface area contributed by atoms with Crippen LogP contribution in [0.15, 0.2) is 0 Å². The summed E-state index contributed by atoms with van der Waals surface area (Å²) in [6, 6.07) is 0. The van der Waals surface area contributed by atoms with Crippen LogP contribution in [0, 0.1) is 5.92 Å². The molecule has 2 N–H and O–H groups in total. The summed E-state index contributed by atoms with van der Waals surface area (Å²) in [7, 11) is -3.48. The minimum Gasteiger partial charge on any atom is -0.478 e. The number of thiophene rings is 1. The molecule has 106 valence electrons. The third-order valence-corrected chi connectivity index (χ3v) is 5.89. The van der Waals surface area contributed by atoms with Crippen LogP contribution in [-0.4, -0.2) is 25.2 Å². The SMILES string of the molecule is CC(C)CS(=O)(=O)Nc1sc2c(c1C(=O)O)CCC2. The number of hydrogen-bond acceptors (Lipinski definition) is 4. The highest BCUT2D eigenvalue weighted by atomic mass is 32.2. The second-order valence-corrected chi connectivity index (χ2v) is 8.02. The number of nitrogens with one attached hydrogen (secondary N) is 1. The van der Waals surface area contributed by atoms with Crippen LogP contribution >= 0.6 is 11.3 Å². The Balaban J connectivity index is 2.34. The van der Waals surface area contributed by atoms with Gasteiger partial charge in [0.05, 0.1) is 11.3 Å². The number of aromatic carboxylic acids is 1. The molecule has 0 amide bonds. The van der Waals surface area contributed by atoms with Crippen molar-refractivity contribution in [3.63, 3.8) is 0 Å². The predicted molar refractivity (Wildman–Crippen MR) is 75.6 cm³/mol. The average Bonchev–Trinajstić information content (AvgIpc) is 2.72. The standard InChI is InChI=1S/C12H17NO4S2/c1-7(2)6-19(16,17)13-11-10(12(14)15)8-4-3-5-9(8)18-11/h7,13H,3-6H2,1-2H3,(H,14,15). The Labute approximate surface area is 116 Å². The molecule has 0 saturated carbocycles. The molecule has 1 aliphatic carbocycles. The first kappa shape index (κ1) is 14.3. The molecule has 1 heterocycles. The van der Waals surface area contributed by atoms with E-state index in [1.165, 1.54) is 11.3 Å². The molecule has 1 aromatic heterocycles. The largest absolute Gasteiger partial charge is 0.478 e. The molecule has 0 aromatic carbocycles. The van der Waals surface area contributed by atoms with E-state index in [0.29, 0.717) is 0 Å². The minimum absolute atomic E-state index is 0.00223. The van der Waals surface area contributed by atoms with E-state index in [1.54, 1.807) is 0 Å². The lowest BCUT2D eigenvalue weighted by atomic mass is 10.1. The van der Waals surface area contributed by atoms with Gasteiger partial charge in [0.25, 0.3) is 0 Å². The Morgan fingerprint density at radius 2 is 2.11 bits per heavy atom. The lowest BCUT2D eigenvalue weighted by Crippen LogP contribution is -2.20. The fourth-order valence-corrected chi connectivity index (χ4v) is 5.35. The molecule has 0 saturated heterocycles. The molecular weight excluding hydrogens is 286 g/mol. The van der Waals surface area contributed by atoms with Crippen LogP contribution < -0.4 is 4.72 Å². The van der Waals surface area contributed by atoms with Gasteiger partial charge in [0, 0.05) is 4.88 Å². The van der Waals surface area contributed by atoms with Crippen LogP contribution in [0.5, 0.6) is 0 Å². The first-order valence-corrected chi connectivity index (χ1v) is 8.65. The zero-order valence-corrected chi connectivity index (χ0v) is 12.5. The molecule has 2 rings (SSSR count). The number of carboxylic acids is 1. The van der Waals surface area contributed by atoms with Crippen molar-refractivity contribution in [3.8, 4) is 0 Å². The Kier molecular flexibility index (Phi) is 3.87. The van der Waals surface area contributed by atoms with Gasteiger partial charge in [0.1, 0.15) is 5.00 Å². The van der Waals surface area contributed by atoms with E-state index in [0.717, 1.165) is 29.7 Å². The second kappa shape index (κ2) is 5.13. The van der Waals surface area contributed by atoms with Crippen molar-refractivity contribution < 1.29 is 18.3 Å².